The smallest absolute Gasteiger partial charge is 0.234 e. The van der Waals surface area contributed by atoms with Gasteiger partial charge in [0.1, 0.15) is 5.82 Å². The summed E-state index contributed by atoms with van der Waals surface area (Å²) in [6.45, 7) is 12.8. The number of hydrogen-bond acceptors (Lipinski definition) is 3. The molecule has 1 fully saturated rings. The summed E-state index contributed by atoms with van der Waals surface area (Å²) in [6.07, 6.45) is 1.70. The maximum Gasteiger partial charge on any atom is 0.234 e. The number of rotatable bonds is 5. The van der Waals surface area contributed by atoms with E-state index < -0.39 is 0 Å². The van der Waals surface area contributed by atoms with Gasteiger partial charge in [0.05, 0.1) is 12.6 Å². The number of nitrogens with zero attached hydrogens (tertiary/aromatic N) is 1. The fraction of sp³-hybridized carbons (Fsp3) is 0.667. The van der Waals surface area contributed by atoms with Crippen molar-refractivity contribution in [2.45, 2.75) is 59.5 Å². The number of hydrogen-bond donors (Lipinski definition) is 2. The van der Waals surface area contributed by atoms with Crippen molar-refractivity contribution in [1.82, 2.24) is 10.2 Å². The third kappa shape index (κ3) is 7.40. The van der Waals surface area contributed by atoms with E-state index in [1.807, 2.05) is 0 Å². The molecule has 4 nitrogen and oxygen atoms in total. The Balaban J connectivity index is 0.00000364. The molecular weight excluding hydrogens is 365 g/mol. The zero-order valence-electron chi connectivity index (χ0n) is 17.2. The molecular formula is C21H35ClFN3O. The van der Waals surface area contributed by atoms with Crippen LogP contribution in [0.25, 0.3) is 0 Å². The minimum atomic E-state index is -0.263. The molecule has 2 rings (SSSR count). The second kappa shape index (κ2) is 9.35. The summed E-state index contributed by atoms with van der Waals surface area (Å²) in [7, 11) is 0. The summed E-state index contributed by atoms with van der Waals surface area (Å²) in [5, 5.41) is 3.16. The normalized spacial score (nSPS) is 21.2. The van der Waals surface area contributed by atoms with Gasteiger partial charge < -0.3 is 11.1 Å². The van der Waals surface area contributed by atoms with Crippen LogP contribution in [-0.2, 0) is 4.79 Å². The van der Waals surface area contributed by atoms with E-state index in [9.17, 15) is 9.18 Å². The minimum Gasteiger partial charge on any atom is -0.348 e. The molecule has 0 saturated carbocycles. The molecule has 0 radical (unpaired) electrons. The highest BCUT2D eigenvalue weighted by Gasteiger charge is 2.34. The Morgan fingerprint density at radius 2 is 1.93 bits per heavy atom. The van der Waals surface area contributed by atoms with Crippen molar-refractivity contribution in [3.05, 3.63) is 35.6 Å². The molecule has 2 atom stereocenters. The highest BCUT2D eigenvalue weighted by Crippen LogP contribution is 2.30. The van der Waals surface area contributed by atoms with Gasteiger partial charge in [0, 0.05) is 19.1 Å². The molecule has 154 valence electrons. The third-order valence-corrected chi connectivity index (χ3v) is 5.18. The lowest BCUT2D eigenvalue weighted by Crippen LogP contribution is -2.54. The van der Waals surface area contributed by atoms with Gasteiger partial charge >= 0.3 is 0 Å². The van der Waals surface area contributed by atoms with Crippen LogP contribution in [-0.4, -0.2) is 36.5 Å². The molecule has 27 heavy (non-hydrogen) atoms. The minimum absolute atomic E-state index is 0. The third-order valence-electron chi connectivity index (χ3n) is 5.18. The fourth-order valence-electron chi connectivity index (χ4n) is 3.62. The lowest BCUT2D eigenvalue weighted by Gasteiger charge is -2.42. The van der Waals surface area contributed by atoms with Crippen LogP contribution in [0.5, 0.6) is 0 Å². The molecule has 6 heteroatoms. The molecule has 0 aliphatic carbocycles. The summed E-state index contributed by atoms with van der Waals surface area (Å²) >= 11 is 0. The van der Waals surface area contributed by atoms with Gasteiger partial charge in [-0.15, -0.1) is 12.4 Å². The first-order valence-corrected chi connectivity index (χ1v) is 9.49. The van der Waals surface area contributed by atoms with Gasteiger partial charge in [-0.3, -0.25) is 9.69 Å². The number of amides is 1. The molecule has 3 N–H and O–H groups in total. The van der Waals surface area contributed by atoms with E-state index in [4.69, 9.17) is 5.73 Å². The summed E-state index contributed by atoms with van der Waals surface area (Å²) in [5.74, 6) is -0.253. The van der Waals surface area contributed by atoms with Crippen LogP contribution in [0.1, 0.15) is 59.1 Å². The Labute approximate surface area is 169 Å². The second-order valence-corrected chi connectivity index (χ2v) is 9.53. The highest BCUT2D eigenvalue weighted by molar-refractivity contribution is 5.85. The first-order valence-electron chi connectivity index (χ1n) is 9.49. The van der Waals surface area contributed by atoms with Gasteiger partial charge in [0.25, 0.3) is 0 Å². The maximum absolute atomic E-state index is 13.3. The van der Waals surface area contributed by atoms with Crippen molar-refractivity contribution in [2.75, 3.05) is 19.6 Å². The number of carbonyl (C=O) groups is 1. The fourth-order valence-corrected chi connectivity index (χ4v) is 3.62. The zero-order valence-corrected chi connectivity index (χ0v) is 18.0. The largest absolute Gasteiger partial charge is 0.348 e. The van der Waals surface area contributed by atoms with Gasteiger partial charge in [0.2, 0.25) is 5.91 Å². The first-order chi connectivity index (χ1) is 12.0. The number of nitrogens with one attached hydrogen (secondary N) is 1. The molecule has 1 amide bonds. The molecule has 1 aliphatic heterocycles. The SMILES string of the molecule is CC(C)(C)CC(NC(=O)CN1CCC(N)C(C)(C)C1)c1ccc(F)cc1.Cl. The number of carbonyl (C=O) groups excluding carboxylic acids is 1. The molecule has 1 aromatic rings. The Hall–Kier alpha value is -1.17. The van der Waals surface area contributed by atoms with Crippen LogP contribution in [0.4, 0.5) is 4.39 Å². The van der Waals surface area contributed by atoms with E-state index in [0.29, 0.717) is 6.54 Å². The topological polar surface area (TPSA) is 58.4 Å². The monoisotopic (exact) mass is 399 g/mol. The van der Waals surface area contributed by atoms with E-state index in [0.717, 1.165) is 31.5 Å². The highest BCUT2D eigenvalue weighted by atomic mass is 35.5. The molecule has 1 aromatic carbocycles. The number of halogens is 2. The van der Waals surface area contributed by atoms with Crippen LogP contribution < -0.4 is 11.1 Å². The predicted octanol–water partition coefficient (Wildman–Crippen LogP) is 3.90. The molecule has 1 saturated heterocycles. The van der Waals surface area contributed by atoms with Crippen LogP contribution in [0.15, 0.2) is 24.3 Å². The molecule has 0 spiro atoms. The van der Waals surface area contributed by atoms with Crippen molar-refractivity contribution < 1.29 is 9.18 Å². The van der Waals surface area contributed by atoms with Crippen LogP contribution >= 0.6 is 12.4 Å². The molecule has 1 aliphatic rings. The van der Waals surface area contributed by atoms with E-state index in [1.54, 1.807) is 12.1 Å². The number of likely N-dealkylation sites (tertiary alicyclic amines) is 1. The lowest BCUT2D eigenvalue weighted by molar-refractivity contribution is -0.124. The number of piperidine rings is 1. The molecule has 2 unspecified atom stereocenters. The quantitative estimate of drug-likeness (QED) is 0.789. The maximum atomic E-state index is 13.3. The van der Waals surface area contributed by atoms with Gasteiger partial charge in [0.15, 0.2) is 0 Å². The Bertz CT molecular complexity index is 613. The average molecular weight is 400 g/mol. The summed E-state index contributed by atoms with van der Waals surface area (Å²) in [6, 6.07) is 6.47. The van der Waals surface area contributed by atoms with Crippen molar-refractivity contribution in [2.24, 2.45) is 16.6 Å². The van der Waals surface area contributed by atoms with E-state index >= 15 is 0 Å². The molecule has 1 heterocycles. The Morgan fingerprint density at radius 1 is 1.33 bits per heavy atom. The van der Waals surface area contributed by atoms with Gasteiger partial charge in [-0.2, -0.15) is 0 Å². The van der Waals surface area contributed by atoms with Gasteiger partial charge in [-0.1, -0.05) is 46.8 Å². The Morgan fingerprint density at radius 3 is 2.44 bits per heavy atom. The molecule has 0 aromatic heterocycles. The number of nitrogens with two attached hydrogens (primary N) is 1. The van der Waals surface area contributed by atoms with E-state index in [1.165, 1.54) is 12.1 Å². The number of benzene rings is 1. The standard InChI is InChI=1S/C21H34FN3O.ClH/c1-20(2,3)12-17(15-6-8-16(22)9-7-15)24-19(26)13-25-11-10-18(23)21(4,5)14-25;/h6-9,17-18H,10-14,23H2,1-5H3,(H,24,26);1H. The zero-order chi connectivity index (χ0) is 19.5. The van der Waals surface area contributed by atoms with Crippen LogP contribution in [0.3, 0.4) is 0 Å². The van der Waals surface area contributed by atoms with E-state index in [2.05, 4.69) is 44.8 Å². The van der Waals surface area contributed by atoms with Gasteiger partial charge in [-0.25, -0.2) is 4.39 Å². The summed E-state index contributed by atoms with van der Waals surface area (Å²) in [4.78, 5) is 14.9. The average Bonchev–Trinajstić information content (AvgIpc) is 2.49. The summed E-state index contributed by atoms with van der Waals surface area (Å²) < 4.78 is 13.3. The van der Waals surface area contributed by atoms with Crippen molar-refractivity contribution in [3.8, 4) is 0 Å². The summed E-state index contributed by atoms with van der Waals surface area (Å²) in [5.41, 5.74) is 7.19. The van der Waals surface area contributed by atoms with Crippen LogP contribution in [0, 0.1) is 16.6 Å². The lowest BCUT2D eigenvalue weighted by atomic mass is 9.80. The first kappa shape index (κ1) is 23.9. The predicted molar refractivity (Wildman–Crippen MR) is 111 cm³/mol. The Kier molecular flexibility index (Phi) is 8.27. The van der Waals surface area contributed by atoms with Crippen LogP contribution in [0.2, 0.25) is 0 Å². The van der Waals surface area contributed by atoms with E-state index in [-0.39, 0.29) is 47.0 Å². The van der Waals surface area contributed by atoms with Gasteiger partial charge in [-0.05, 0) is 41.4 Å². The second-order valence-electron chi connectivity index (χ2n) is 9.53. The molecule has 0 bridgehead atoms. The van der Waals surface area contributed by atoms with Crippen molar-refractivity contribution >= 4 is 18.3 Å². The van der Waals surface area contributed by atoms with Crippen molar-refractivity contribution in [3.63, 3.8) is 0 Å². The van der Waals surface area contributed by atoms with Crippen molar-refractivity contribution in [1.29, 1.82) is 0 Å².